The van der Waals surface area contributed by atoms with Crippen molar-refractivity contribution in [3.05, 3.63) is 47.7 Å². The Labute approximate surface area is 183 Å². The van der Waals surface area contributed by atoms with Crippen molar-refractivity contribution in [2.24, 2.45) is 0 Å². The monoisotopic (exact) mass is 478 g/mol. The van der Waals surface area contributed by atoms with Crippen LogP contribution >= 0.6 is 0 Å². The molecular formula is C19H13F3N6O4S. The van der Waals surface area contributed by atoms with E-state index < -0.39 is 49.5 Å². The number of pyridine rings is 1. The van der Waals surface area contributed by atoms with Gasteiger partial charge in [-0.15, -0.1) is 10.2 Å². The van der Waals surface area contributed by atoms with Gasteiger partial charge in [0.2, 0.25) is 5.82 Å². The molecule has 0 amide bonds. The Hall–Kier alpha value is -4.07. The molecule has 0 unspecified atom stereocenters. The van der Waals surface area contributed by atoms with Crippen molar-refractivity contribution in [1.29, 1.82) is 0 Å². The molecule has 0 radical (unpaired) electrons. The zero-order valence-corrected chi connectivity index (χ0v) is 17.4. The second kappa shape index (κ2) is 7.51. The van der Waals surface area contributed by atoms with E-state index in [1.807, 2.05) is 0 Å². The van der Waals surface area contributed by atoms with E-state index in [0.29, 0.717) is 12.3 Å². The molecular weight excluding hydrogens is 465 g/mol. The molecule has 170 valence electrons. The summed E-state index contributed by atoms with van der Waals surface area (Å²) in [5.41, 5.74) is 3.77. The topological polar surface area (TPSA) is 165 Å². The quantitative estimate of drug-likeness (QED) is 0.374. The van der Waals surface area contributed by atoms with Crippen LogP contribution in [0.1, 0.15) is 16.1 Å². The smallest absolute Gasteiger partial charge is 0.417 e. The SMILES string of the molecule is CS(=O)(=O)c1c(C(F)(F)F)ccc(-c2cc(C(=O)O)nc3c(N)cccc23)c1-c1nn[nH]n1. The number of para-hydroxylation sites is 1. The van der Waals surface area contributed by atoms with Gasteiger partial charge >= 0.3 is 12.1 Å². The third-order valence-electron chi connectivity index (χ3n) is 4.78. The number of aromatic carboxylic acids is 1. The van der Waals surface area contributed by atoms with E-state index in [9.17, 15) is 31.5 Å². The molecule has 33 heavy (non-hydrogen) atoms. The molecule has 0 saturated carbocycles. The molecule has 0 saturated heterocycles. The minimum absolute atomic E-state index is 0.0723. The van der Waals surface area contributed by atoms with Crippen LogP contribution in [0.15, 0.2) is 41.3 Å². The molecule has 0 fully saturated rings. The first-order valence-corrected chi connectivity index (χ1v) is 10.9. The van der Waals surface area contributed by atoms with Crippen LogP contribution in [0.5, 0.6) is 0 Å². The van der Waals surface area contributed by atoms with Gasteiger partial charge in [-0.05, 0) is 34.5 Å². The third-order valence-corrected chi connectivity index (χ3v) is 5.95. The first-order chi connectivity index (χ1) is 15.4. The maximum atomic E-state index is 13.8. The van der Waals surface area contributed by atoms with Gasteiger partial charge in [-0.2, -0.15) is 18.4 Å². The molecule has 2 aromatic heterocycles. The number of nitrogen functional groups attached to an aromatic ring is 1. The summed E-state index contributed by atoms with van der Waals surface area (Å²) in [5.74, 6) is -1.85. The molecule has 2 heterocycles. The zero-order valence-electron chi connectivity index (χ0n) is 16.5. The molecule has 2 aromatic carbocycles. The first kappa shape index (κ1) is 22.1. The number of anilines is 1. The summed E-state index contributed by atoms with van der Waals surface area (Å²) in [6, 6.07) is 7.28. The number of sulfone groups is 1. The molecule has 10 nitrogen and oxygen atoms in total. The number of fused-ring (bicyclic) bond motifs is 1. The number of aromatic amines is 1. The predicted molar refractivity (Wildman–Crippen MR) is 110 cm³/mol. The Morgan fingerprint density at radius 1 is 1.15 bits per heavy atom. The standard InChI is InChI=1S/C19H13F3N6O4S/c1-33(31,32)16-11(19(20,21)22)6-5-8(14(16)17-25-27-28-26-17)10-7-13(18(29)30)24-15-9(10)3-2-4-12(15)23/h2-7H,23H2,1H3,(H,29,30)(H,25,26,27,28). The summed E-state index contributed by atoms with van der Waals surface area (Å²) in [5, 5.41) is 22.6. The van der Waals surface area contributed by atoms with Crippen LogP contribution in [0.3, 0.4) is 0 Å². The summed E-state index contributed by atoms with van der Waals surface area (Å²) in [6.07, 6.45) is -4.40. The molecule has 14 heteroatoms. The number of hydrogen-bond donors (Lipinski definition) is 3. The summed E-state index contributed by atoms with van der Waals surface area (Å²) in [4.78, 5) is 14.6. The molecule has 4 rings (SSSR count). The van der Waals surface area contributed by atoms with Crippen molar-refractivity contribution in [2.75, 3.05) is 12.0 Å². The highest BCUT2D eigenvalue weighted by Crippen LogP contribution is 2.44. The number of alkyl halides is 3. The lowest BCUT2D eigenvalue weighted by molar-refractivity contribution is -0.139. The van der Waals surface area contributed by atoms with Gasteiger partial charge in [0.1, 0.15) is 5.69 Å². The summed E-state index contributed by atoms with van der Waals surface area (Å²) in [7, 11) is -4.49. The highest BCUT2D eigenvalue weighted by atomic mass is 32.2. The van der Waals surface area contributed by atoms with Crippen LogP contribution in [0.4, 0.5) is 18.9 Å². The Bertz CT molecular complexity index is 1520. The molecule has 4 N–H and O–H groups in total. The normalized spacial score (nSPS) is 12.2. The second-order valence-corrected chi connectivity index (χ2v) is 8.93. The van der Waals surface area contributed by atoms with Crippen molar-refractivity contribution in [3.8, 4) is 22.5 Å². The van der Waals surface area contributed by atoms with E-state index in [0.717, 1.165) is 12.1 Å². The molecule has 0 bridgehead atoms. The first-order valence-electron chi connectivity index (χ1n) is 9.00. The van der Waals surface area contributed by atoms with Crippen molar-refractivity contribution >= 4 is 32.4 Å². The van der Waals surface area contributed by atoms with Gasteiger partial charge in [-0.1, -0.05) is 18.2 Å². The zero-order chi connectivity index (χ0) is 24.1. The van der Waals surface area contributed by atoms with E-state index in [4.69, 9.17) is 5.73 Å². The molecule has 0 aliphatic heterocycles. The number of rotatable bonds is 4. The third kappa shape index (κ3) is 3.84. The van der Waals surface area contributed by atoms with Gasteiger partial charge in [0.15, 0.2) is 9.84 Å². The number of halogens is 3. The number of benzene rings is 2. The van der Waals surface area contributed by atoms with E-state index in [-0.39, 0.29) is 27.7 Å². The van der Waals surface area contributed by atoms with Crippen LogP contribution in [-0.4, -0.2) is 51.4 Å². The number of carboxylic acids is 1. The maximum absolute atomic E-state index is 13.8. The minimum Gasteiger partial charge on any atom is -0.477 e. The molecule has 0 spiro atoms. The largest absolute Gasteiger partial charge is 0.477 e. The Morgan fingerprint density at radius 2 is 1.88 bits per heavy atom. The summed E-state index contributed by atoms with van der Waals surface area (Å²) in [6.45, 7) is 0. The van der Waals surface area contributed by atoms with E-state index in [2.05, 4.69) is 25.6 Å². The van der Waals surface area contributed by atoms with Crippen LogP contribution in [0.25, 0.3) is 33.4 Å². The highest BCUT2D eigenvalue weighted by molar-refractivity contribution is 7.91. The molecule has 0 atom stereocenters. The van der Waals surface area contributed by atoms with Crippen molar-refractivity contribution < 1.29 is 31.5 Å². The average Bonchev–Trinajstić information content (AvgIpc) is 3.25. The van der Waals surface area contributed by atoms with Gasteiger partial charge in [0, 0.05) is 11.6 Å². The Kier molecular flexibility index (Phi) is 5.04. The molecule has 0 aliphatic carbocycles. The minimum atomic E-state index is -5.02. The van der Waals surface area contributed by atoms with Gasteiger partial charge in [0.05, 0.1) is 27.2 Å². The van der Waals surface area contributed by atoms with Gasteiger partial charge in [-0.25, -0.2) is 18.2 Å². The number of carboxylic acid groups (broad SMARTS) is 1. The fourth-order valence-electron chi connectivity index (χ4n) is 3.51. The number of carbonyl (C=O) groups is 1. The van der Waals surface area contributed by atoms with Gasteiger partial charge in [0.25, 0.3) is 0 Å². The second-order valence-electron chi connectivity index (χ2n) is 6.97. The summed E-state index contributed by atoms with van der Waals surface area (Å²) >= 11 is 0. The number of aromatic nitrogens is 5. The Morgan fingerprint density at radius 3 is 2.45 bits per heavy atom. The van der Waals surface area contributed by atoms with Crippen LogP contribution in [-0.2, 0) is 16.0 Å². The van der Waals surface area contributed by atoms with E-state index in [1.54, 1.807) is 6.07 Å². The predicted octanol–water partition coefficient (Wildman–Crippen LogP) is 2.78. The highest BCUT2D eigenvalue weighted by Gasteiger charge is 2.39. The van der Waals surface area contributed by atoms with Crippen LogP contribution < -0.4 is 5.73 Å². The number of H-pyrrole nitrogens is 1. The van der Waals surface area contributed by atoms with E-state index in [1.165, 1.54) is 12.1 Å². The summed E-state index contributed by atoms with van der Waals surface area (Å²) < 4.78 is 66.5. The van der Waals surface area contributed by atoms with Crippen molar-refractivity contribution in [2.45, 2.75) is 11.1 Å². The van der Waals surface area contributed by atoms with Gasteiger partial charge < -0.3 is 10.8 Å². The fraction of sp³-hybridized carbons (Fsp3) is 0.105. The number of nitrogens with two attached hydrogens (primary N) is 1. The fourth-order valence-corrected chi connectivity index (χ4v) is 4.66. The van der Waals surface area contributed by atoms with Gasteiger partial charge in [-0.3, -0.25) is 0 Å². The van der Waals surface area contributed by atoms with Crippen molar-refractivity contribution in [3.63, 3.8) is 0 Å². The average molecular weight is 478 g/mol. The molecule has 4 aromatic rings. The van der Waals surface area contributed by atoms with Crippen LogP contribution in [0.2, 0.25) is 0 Å². The van der Waals surface area contributed by atoms with E-state index >= 15 is 0 Å². The number of tetrazole rings is 1. The lowest BCUT2D eigenvalue weighted by Crippen LogP contribution is -2.15. The van der Waals surface area contributed by atoms with Crippen molar-refractivity contribution in [1.82, 2.24) is 25.6 Å². The number of hydrogen-bond acceptors (Lipinski definition) is 8. The molecule has 0 aliphatic rings. The lowest BCUT2D eigenvalue weighted by atomic mass is 9.93. The Balaban J connectivity index is 2.25. The maximum Gasteiger partial charge on any atom is 0.417 e. The van der Waals surface area contributed by atoms with Crippen LogP contribution in [0, 0.1) is 0 Å². The number of nitrogens with one attached hydrogen (secondary N) is 1. The lowest BCUT2D eigenvalue weighted by Gasteiger charge is -2.19. The number of nitrogens with zero attached hydrogens (tertiary/aromatic N) is 4.